The maximum Gasteiger partial charge on any atom is 0.213 e. The van der Waals surface area contributed by atoms with Gasteiger partial charge in [0, 0.05) is 19.0 Å². The van der Waals surface area contributed by atoms with Crippen molar-refractivity contribution < 1.29 is 12.9 Å². The lowest BCUT2D eigenvalue weighted by Crippen LogP contribution is -2.30. The summed E-state index contributed by atoms with van der Waals surface area (Å²) >= 11 is 0. The van der Waals surface area contributed by atoms with E-state index in [1.165, 1.54) is 19.2 Å². The normalized spacial score (nSPS) is 16.0. The van der Waals surface area contributed by atoms with E-state index in [0.717, 1.165) is 6.54 Å². The Morgan fingerprint density at radius 2 is 2.22 bits per heavy atom. The summed E-state index contributed by atoms with van der Waals surface area (Å²) in [6, 6.07) is 0.624. The molecule has 0 amide bonds. The first kappa shape index (κ1) is 13.4. The predicted octanol–water partition coefficient (Wildman–Crippen LogP) is -0.326. The van der Waals surface area contributed by atoms with Crippen molar-refractivity contribution in [2.24, 2.45) is 0 Å². The zero-order valence-corrected chi connectivity index (χ0v) is 10.9. The van der Waals surface area contributed by atoms with Crippen LogP contribution in [-0.4, -0.2) is 43.4 Å². The standard InChI is InChI=1S/C10H18N4O3S/c15-18(16,7-1-5-11-9-2-3-9)13-6-4-10-12-8-17-14-10/h8-9,11,13H,1-7H2. The second-order valence-corrected chi connectivity index (χ2v) is 6.32. The third kappa shape index (κ3) is 5.11. The van der Waals surface area contributed by atoms with Gasteiger partial charge in [0.1, 0.15) is 0 Å². The van der Waals surface area contributed by atoms with Gasteiger partial charge in [0.25, 0.3) is 0 Å². The highest BCUT2D eigenvalue weighted by Gasteiger charge is 2.20. The number of hydrogen-bond acceptors (Lipinski definition) is 6. The molecule has 0 bridgehead atoms. The number of nitrogens with zero attached hydrogens (tertiary/aromatic N) is 2. The van der Waals surface area contributed by atoms with Crippen LogP contribution in [0.1, 0.15) is 25.1 Å². The second-order valence-electron chi connectivity index (χ2n) is 4.39. The minimum Gasteiger partial charge on any atom is -0.343 e. The van der Waals surface area contributed by atoms with Gasteiger partial charge in [-0.05, 0) is 25.8 Å². The molecule has 0 atom stereocenters. The Labute approximate surface area is 106 Å². The van der Waals surface area contributed by atoms with Crippen LogP contribution in [0.15, 0.2) is 10.9 Å². The predicted molar refractivity (Wildman–Crippen MR) is 65.4 cm³/mol. The molecule has 18 heavy (non-hydrogen) atoms. The van der Waals surface area contributed by atoms with Gasteiger partial charge in [0.2, 0.25) is 16.4 Å². The van der Waals surface area contributed by atoms with Crippen LogP contribution in [-0.2, 0) is 16.4 Å². The fraction of sp³-hybridized carbons (Fsp3) is 0.800. The fourth-order valence-corrected chi connectivity index (χ4v) is 2.63. The summed E-state index contributed by atoms with van der Waals surface area (Å²) in [5.74, 6) is 0.659. The summed E-state index contributed by atoms with van der Waals surface area (Å²) < 4.78 is 30.3. The van der Waals surface area contributed by atoms with E-state index in [4.69, 9.17) is 0 Å². The molecule has 1 aromatic rings. The molecule has 0 aromatic carbocycles. The number of rotatable bonds is 9. The number of aromatic nitrogens is 2. The van der Waals surface area contributed by atoms with Crippen molar-refractivity contribution in [2.75, 3.05) is 18.8 Å². The number of nitrogens with one attached hydrogen (secondary N) is 2. The fourth-order valence-electron chi connectivity index (χ4n) is 1.55. The molecular weight excluding hydrogens is 256 g/mol. The van der Waals surface area contributed by atoms with Gasteiger partial charge < -0.3 is 9.84 Å². The zero-order chi connectivity index (χ0) is 12.8. The van der Waals surface area contributed by atoms with Crippen molar-refractivity contribution in [1.82, 2.24) is 20.2 Å². The van der Waals surface area contributed by atoms with Crippen LogP contribution in [0.5, 0.6) is 0 Å². The molecule has 0 radical (unpaired) electrons. The van der Waals surface area contributed by atoms with Crippen LogP contribution < -0.4 is 10.0 Å². The first-order valence-corrected chi connectivity index (χ1v) is 7.77. The molecule has 1 aliphatic carbocycles. The van der Waals surface area contributed by atoms with Gasteiger partial charge >= 0.3 is 0 Å². The van der Waals surface area contributed by atoms with Crippen LogP contribution in [0.3, 0.4) is 0 Å². The third-order valence-electron chi connectivity index (χ3n) is 2.68. The summed E-state index contributed by atoms with van der Waals surface area (Å²) in [4.78, 5) is 3.81. The lowest BCUT2D eigenvalue weighted by molar-refractivity contribution is 0.409. The number of hydrogen-bond donors (Lipinski definition) is 2. The van der Waals surface area contributed by atoms with Crippen LogP contribution in [0, 0.1) is 0 Å². The van der Waals surface area contributed by atoms with Crippen LogP contribution in [0.2, 0.25) is 0 Å². The van der Waals surface area contributed by atoms with Crippen LogP contribution >= 0.6 is 0 Å². The summed E-state index contributed by atoms with van der Waals surface area (Å²) in [7, 11) is -3.19. The zero-order valence-electron chi connectivity index (χ0n) is 10.1. The monoisotopic (exact) mass is 274 g/mol. The molecule has 0 saturated heterocycles. The molecule has 7 nitrogen and oxygen atoms in total. The average molecular weight is 274 g/mol. The number of sulfonamides is 1. The highest BCUT2D eigenvalue weighted by Crippen LogP contribution is 2.18. The van der Waals surface area contributed by atoms with Crippen molar-refractivity contribution in [2.45, 2.75) is 31.7 Å². The maximum absolute atomic E-state index is 11.6. The molecule has 1 saturated carbocycles. The average Bonchev–Trinajstić information content (AvgIpc) is 3.01. The van der Waals surface area contributed by atoms with Crippen molar-refractivity contribution >= 4 is 10.0 Å². The molecule has 8 heteroatoms. The summed E-state index contributed by atoms with van der Waals surface area (Å²) in [6.45, 7) is 1.06. The quantitative estimate of drug-likeness (QED) is 0.599. The Hall–Kier alpha value is -0.990. The Kier molecular flexibility index (Phi) is 4.67. The summed E-state index contributed by atoms with van der Waals surface area (Å²) in [5.41, 5.74) is 0. The van der Waals surface area contributed by atoms with Crippen molar-refractivity contribution in [1.29, 1.82) is 0 Å². The summed E-state index contributed by atoms with van der Waals surface area (Å²) in [5, 5.41) is 6.89. The van der Waals surface area contributed by atoms with Crippen molar-refractivity contribution in [3.63, 3.8) is 0 Å². The van der Waals surface area contributed by atoms with Gasteiger partial charge in [-0.2, -0.15) is 4.98 Å². The molecule has 0 aliphatic heterocycles. The second kappa shape index (κ2) is 6.26. The van der Waals surface area contributed by atoms with Crippen molar-refractivity contribution in [3.8, 4) is 0 Å². The van der Waals surface area contributed by atoms with Gasteiger partial charge in [-0.15, -0.1) is 0 Å². The Morgan fingerprint density at radius 1 is 1.39 bits per heavy atom. The van der Waals surface area contributed by atoms with Gasteiger partial charge in [-0.1, -0.05) is 5.16 Å². The van der Waals surface area contributed by atoms with Gasteiger partial charge in [-0.25, -0.2) is 13.1 Å². The van der Waals surface area contributed by atoms with Crippen LogP contribution in [0.4, 0.5) is 0 Å². The van der Waals surface area contributed by atoms with Crippen LogP contribution in [0.25, 0.3) is 0 Å². The molecule has 102 valence electrons. The van der Waals surface area contributed by atoms with E-state index in [1.807, 2.05) is 0 Å². The first-order valence-electron chi connectivity index (χ1n) is 6.12. The minimum absolute atomic E-state index is 0.152. The molecule has 0 spiro atoms. The Balaban J connectivity index is 1.57. The molecule has 0 unspecified atom stereocenters. The van der Waals surface area contributed by atoms with Gasteiger partial charge in [0.15, 0.2) is 5.82 Å². The molecule has 1 aromatic heterocycles. The molecule has 2 N–H and O–H groups in total. The van der Waals surface area contributed by atoms with E-state index in [2.05, 4.69) is 24.7 Å². The molecule has 1 heterocycles. The highest BCUT2D eigenvalue weighted by atomic mass is 32.2. The van der Waals surface area contributed by atoms with Gasteiger partial charge in [0.05, 0.1) is 5.75 Å². The van der Waals surface area contributed by atoms with E-state index < -0.39 is 10.0 Å². The highest BCUT2D eigenvalue weighted by molar-refractivity contribution is 7.89. The maximum atomic E-state index is 11.6. The molecule has 1 aliphatic rings. The van der Waals surface area contributed by atoms with E-state index in [1.54, 1.807) is 0 Å². The van der Waals surface area contributed by atoms with E-state index >= 15 is 0 Å². The lowest BCUT2D eigenvalue weighted by Gasteiger charge is -2.06. The lowest BCUT2D eigenvalue weighted by atomic mass is 10.4. The van der Waals surface area contributed by atoms with E-state index in [9.17, 15) is 8.42 Å². The van der Waals surface area contributed by atoms with Gasteiger partial charge in [-0.3, -0.25) is 0 Å². The smallest absolute Gasteiger partial charge is 0.213 e. The minimum atomic E-state index is -3.19. The molecular formula is C10H18N4O3S. The topological polar surface area (TPSA) is 97.1 Å². The largest absolute Gasteiger partial charge is 0.343 e. The molecule has 2 rings (SSSR count). The van der Waals surface area contributed by atoms with E-state index in [-0.39, 0.29) is 5.75 Å². The summed E-state index contributed by atoms with van der Waals surface area (Å²) in [6.07, 6.45) is 4.74. The Bertz CT molecular complexity index is 442. The first-order chi connectivity index (χ1) is 8.66. The third-order valence-corrected chi connectivity index (χ3v) is 4.15. The SMILES string of the molecule is O=S(=O)(CCCNC1CC1)NCCc1ncon1. The van der Waals surface area contributed by atoms with Crippen molar-refractivity contribution in [3.05, 3.63) is 12.2 Å². The Morgan fingerprint density at radius 3 is 2.89 bits per heavy atom. The molecule has 1 fully saturated rings. The van der Waals surface area contributed by atoms with E-state index in [0.29, 0.717) is 31.3 Å².